The van der Waals surface area contributed by atoms with E-state index >= 15 is 0 Å². The molecule has 0 unspecified atom stereocenters. The number of nitrogens with two attached hydrogens (primary N) is 1. The lowest BCUT2D eigenvalue weighted by Crippen LogP contribution is -1.98. The molecule has 0 aliphatic rings. The molecular weight excluding hydrogens is 178 g/mol. The van der Waals surface area contributed by atoms with Crippen molar-refractivity contribution >= 4 is 0 Å². The summed E-state index contributed by atoms with van der Waals surface area (Å²) in [5.41, 5.74) is 7.53. The van der Waals surface area contributed by atoms with Gasteiger partial charge in [-0.15, -0.1) is 10.2 Å². The van der Waals surface area contributed by atoms with E-state index in [-0.39, 0.29) is 0 Å². The summed E-state index contributed by atoms with van der Waals surface area (Å²) in [5, 5.41) is 7.73. The number of rotatable bonds is 2. The minimum Gasteiger partial charge on any atom is -0.421 e. The van der Waals surface area contributed by atoms with Crippen molar-refractivity contribution in [2.75, 3.05) is 0 Å². The molecule has 2 aromatic rings. The zero-order valence-corrected chi connectivity index (χ0v) is 7.90. The Hall–Kier alpha value is -1.68. The Labute approximate surface area is 81.8 Å². The van der Waals surface area contributed by atoms with E-state index in [0.29, 0.717) is 18.3 Å². The summed E-state index contributed by atoms with van der Waals surface area (Å²) in [5.74, 6) is 1.09. The monoisotopic (exact) mass is 189 g/mol. The fourth-order valence-electron chi connectivity index (χ4n) is 1.31. The van der Waals surface area contributed by atoms with Gasteiger partial charge in [-0.05, 0) is 11.6 Å². The lowest BCUT2D eigenvalue weighted by molar-refractivity contribution is 0.532. The van der Waals surface area contributed by atoms with Crippen LogP contribution in [0.5, 0.6) is 0 Å². The van der Waals surface area contributed by atoms with E-state index in [2.05, 4.69) is 10.2 Å². The summed E-state index contributed by atoms with van der Waals surface area (Å²) in [6.45, 7) is 2.24. The molecule has 0 spiro atoms. The van der Waals surface area contributed by atoms with Crippen LogP contribution in [0.15, 0.2) is 28.7 Å². The zero-order valence-electron chi connectivity index (χ0n) is 7.90. The molecule has 0 atom stereocenters. The fraction of sp³-hybridized carbons (Fsp3) is 0.200. The van der Waals surface area contributed by atoms with Crippen molar-refractivity contribution in [2.24, 2.45) is 5.73 Å². The second-order valence-corrected chi connectivity index (χ2v) is 2.99. The topological polar surface area (TPSA) is 64.9 Å². The van der Waals surface area contributed by atoms with Crippen LogP contribution in [0, 0.1) is 6.92 Å². The Kier molecular flexibility index (Phi) is 2.28. The number of nitrogens with zero attached hydrogens (tertiary/aromatic N) is 2. The Morgan fingerprint density at radius 2 is 2.07 bits per heavy atom. The first-order chi connectivity index (χ1) is 6.81. The Balaban J connectivity index is 2.50. The van der Waals surface area contributed by atoms with Gasteiger partial charge in [0.25, 0.3) is 0 Å². The number of aromatic nitrogens is 2. The van der Waals surface area contributed by atoms with Crippen molar-refractivity contribution in [2.45, 2.75) is 13.5 Å². The average Bonchev–Trinajstić information content (AvgIpc) is 2.65. The maximum atomic E-state index is 5.60. The number of benzene rings is 1. The lowest BCUT2D eigenvalue weighted by atomic mass is 10.1. The van der Waals surface area contributed by atoms with Crippen molar-refractivity contribution in [3.8, 4) is 11.5 Å². The second kappa shape index (κ2) is 3.59. The fourth-order valence-corrected chi connectivity index (χ4v) is 1.31. The molecule has 0 amide bonds. The van der Waals surface area contributed by atoms with E-state index in [1.54, 1.807) is 6.92 Å². The van der Waals surface area contributed by atoms with E-state index in [9.17, 15) is 0 Å². The number of aryl methyl sites for hydroxylation is 1. The van der Waals surface area contributed by atoms with Crippen LogP contribution in [-0.2, 0) is 6.54 Å². The van der Waals surface area contributed by atoms with E-state index in [0.717, 1.165) is 11.1 Å². The molecule has 14 heavy (non-hydrogen) atoms. The summed E-state index contributed by atoms with van der Waals surface area (Å²) >= 11 is 0. The van der Waals surface area contributed by atoms with Gasteiger partial charge in [-0.2, -0.15) is 0 Å². The van der Waals surface area contributed by atoms with E-state index < -0.39 is 0 Å². The van der Waals surface area contributed by atoms with Crippen LogP contribution in [-0.4, -0.2) is 10.2 Å². The summed E-state index contributed by atoms with van der Waals surface area (Å²) in [6, 6.07) is 7.74. The molecular formula is C10H11N3O. The Morgan fingerprint density at radius 1 is 1.29 bits per heavy atom. The highest BCUT2D eigenvalue weighted by atomic mass is 16.4. The maximum Gasteiger partial charge on any atom is 0.248 e. The van der Waals surface area contributed by atoms with Crippen molar-refractivity contribution in [1.29, 1.82) is 0 Å². The standard InChI is InChI=1S/C10H11N3O/c1-7-12-13-10(14-7)9-5-3-2-4-8(9)6-11/h2-5H,6,11H2,1H3. The molecule has 4 heteroatoms. The lowest BCUT2D eigenvalue weighted by Gasteiger charge is -2.01. The molecule has 2 N–H and O–H groups in total. The molecule has 0 aliphatic carbocycles. The smallest absolute Gasteiger partial charge is 0.248 e. The Bertz CT molecular complexity index is 436. The van der Waals surface area contributed by atoms with Crippen molar-refractivity contribution in [3.05, 3.63) is 35.7 Å². The van der Waals surface area contributed by atoms with Crippen LogP contribution >= 0.6 is 0 Å². The highest BCUT2D eigenvalue weighted by Gasteiger charge is 2.08. The van der Waals surface area contributed by atoms with Gasteiger partial charge in [-0.1, -0.05) is 18.2 Å². The first-order valence-electron chi connectivity index (χ1n) is 4.39. The van der Waals surface area contributed by atoms with Gasteiger partial charge >= 0.3 is 0 Å². The maximum absolute atomic E-state index is 5.60. The zero-order chi connectivity index (χ0) is 9.97. The van der Waals surface area contributed by atoms with Crippen molar-refractivity contribution < 1.29 is 4.42 Å². The van der Waals surface area contributed by atoms with Crippen molar-refractivity contribution in [3.63, 3.8) is 0 Å². The van der Waals surface area contributed by atoms with Gasteiger partial charge in [0, 0.05) is 19.0 Å². The van der Waals surface area contributed by atoms with Crippen LogP contribution < -0.4 is 5.73 Å². The van der Waals surface area contributed by atoms with Crippen LogP contribution in [0.2, 0.25) is 0 Å². The largest absolute Gasteiger partial charge is 0.421 e. The Morgan fingerprint density at radius 3 is 2.71 bits per heavy atom. The van der Waals surface area contributed by atoms with E-state index in [1.165, 1.54) is 0 Å². The van der Waals surface area contributed by atoms with Gasteiger partial charge < -0.3 is 10.2 Å². The molecule has 2 rings (SSSR count). The van der Waals surface area contributed by atoms with Crippen LogP contribution in [0.25, 0.3) is 11.5 Å². The highest BCUT2D eigenvalue weighted by molar-refractivity contribution is 5.57. The van der Waals surface area contributed by atoms with Gasteiger partial charge in [0.2, 0.25) is 11.8 Å². The minimum absolute atomic E-state index is 0.470. The van der Waals surface area contributed by atoms with E-state index in [1.807, 2.05) is 24.3 Å². The van der Waals surface area contributed by atoms with Gasteiger partial charge in [-0.3, -0.25) is 0 Å². The van der Waals surface area contributed by atoms with Gasteiger partial charge in [0.1, 0.15) is 0 Å². The predicted molar refractivity (Wildman–Crippen MR) is 52.4 cm³/mol. The molecule has 1 aromatic carbocycles. The molecule has 0 radical (unpaired) electrons. The summed E-state index contributed by atoms with van der Waals surface area (Å²) in [7, 11) is 0. The third-order valence-electron chi connectivity index (χ3n) is 1.99. The van der Waals surface area contributed by atoms with Crippen LogP contribution in [0.1, 0.15) is 11.5 Å². The van der Waals surface area contributed by atoms with Crippen LogP contribution in [0.3, 0.4) is 0 Å². The molecule has 0 aliphatic heterocycles. The molecule has 0 fully saturated rings. The first-order valence-corrected chi connectivity index (χ1v) is 4.39. The first kappa shape index (κ1) is 8.90. The normalized spacial score (nSPS) is 10.4. The summed E-state index contributed by atoms with van der Waals surface area (Å²) in [6.07, 6.45) is 0. The molecule has 1 aromatic heterocycles. The van der Waals surface area contributed by atoms with Crippen LogP contribution in [0.4, 0.5) is 0 Å². The quantitative estimate of drug-likeness (QED) is 0.777. The van der Waals surface area contributed by atoms with E-state index in [4.69, 9.17) is 10.2 Å². The minimum atomic E-state index is 0.470. The van der Waals surface area contributed by atoms with Gasteiger partial charge in [0.05, 0.1) is 0 Å². The molecule has 4 nitrogen and oxygen atoms in total. The molecule has 0 saturated carbocycles. The summed E-state index contributed by atoms with van der Waals surface area (Å²) < 4.78 is 5.33. The molecule has 0 bridgehead atoms. The van der Waals surface area contributed by atoms with Crippen molar-refractivity contribution in [1.82, 2.24) is 10.2 Å². The molecule has 1 heterocycles. The SMILES string of the molecule is Cc1nnc(-c2ccccc2CN)o1. The highest BCUT2D eigenvalue weighted by Crippen LogP contribution is 2.21. The molecule has 72 valence electrons. The third kappa shape index (κ3) is 1.52. The number of hydrogen-bond donors (Lipinski definition) is 1. The molecule has 0 saturated heterocycles. The number of hydrogen-bond acceptors (Lipinski definition) is 4. The average molecular weight is 189 g/mol. The van der Waals surface area contributed by atoms with Gasteiger partial charge in [-0.25, -0.2) is 0 Å². The predicted octanol–water partition coefficient (Wildman–Crippen LogP) is 1.50. The van der Waals surface area contributed by atoms with Gasteiger partial charge in [0.15, 0.2) is 0 Å². The second-order valence-electron chi connectivity index (χ2n) is 2.99. The summed E-state index contributed by atoms with van der Waals surface area (Å²) in [4.78, 5) is 0. The third-order valence-corrected chi connectivity index (χ3v) is 1.99.